The first kappa shape index (κ1) is 21.7. The second-order valence-electron chi connectivity index (χ2n) is 6.54. The van der Waals surface area contributed by atoms with Gasteiger partial charge in [0.2, 0.25) is 0 Å². The number of benzene rings is 2. The molecule has 10 heteroatoms. The second-order valence-corrected chi connectivity index (χ2v) is 6.95. The summed E-state index contributed by atoms with van der Waals surface area (Å²) >= 11 is 5.73. The molecule has 1 atom stereocenters. The van der Waals surface area contributed by atoms with Crippen molar-refractivity contribution in [2.24, 2.45) is 0 Å². The molecule has 29 heavy (non-hydrogen) atoms. The van der Waals surface area contributed by atoms with Crippen LogP contribution in [0.15, 0.2) is 42.5 Å². The number of hydrogen-bond acceptors (Lipinski definition) is 3. The topological polar surface area (TPSA) is 24.5 Å². The van der Waals surface area contributed by atoms with Crippen molar-refractivity contribution in [1.29, 1.82) is 0 Å². The van der Waals surface area contributed by atoms with Crippen LogP contribution in [0.1, 0.15) is 22.7 Å². The summed E-state index contributed by atoms with van der Waals surface area (Å²) in [5.74, 6) is -0.396. The van der Waals surface area contributed by atoms with Gasteiger partial charge in [-0.2, -0.15) is 13.2 Å². The van der Waals surface area contributed by atoms with Gasteiger partial charge in [0.05, 0.1) is 16.6 Å². The fourth-order valence-corrected chi connectivity index (χ4v) is 3.56. The predicted molar refractivity (Wildman–Crippen MR) is 95.9 cm³/mol. The highest BCUT2D eigenvalue weighted by Crippen LogP contribution is 2.39. The van der Waals surface area contributed by atoms with Crippen molar-refractivity contribution in [1.82, 2.24) is 10.2 Å². The minimum absolute atomic E-state index is 0.355. The van der Waals surface area contributed by atoms with Gasteiger partial charge in [-0.25, -0.2) is 0 Å². The van der Waals surface area contributed by atoms with E-state index < -0.39 is 34.9 Å². The number of halogens is 7. The van der Waals surface area contributed by atoms with Crippen molar-refractivity contribution >= 4 is 11.6 Å². The summed E-state index contributed by atoms with van der Waals surface area (Å²) in [6.45, 7) is 2.42. The molecule has 0 aromatic heterocycles. The van der Waals surface area contributed by atoms with E-state index in [1.165, 1.54) is 24.3 Å². The van der Waals surface area contributed by atoms with Gasteiger partial charge in [0, 0.05) is 26.2 Å². The van der Waals surface area contributed by atoms with E-state index in [4.69, 9.17) is 11.6 Å². The zero-order valence-electron chi connectivity index (χ0n) is 14.9. The monoisotopic (exact) mass is 438 g/mol. The Kier molecular flexibility index (Phi) is 6.30. The van der Waals surface area contributed by atoms with Crippen LogP contribution in [0.3, 0.4) is 0 Å². The fourth-order valence-electron chi connectivity index (χ4n) is 3.34. The summed E-state index contributed by atoms with van der Waals surface area (Å²) < 4.78 is 81.0. The molecule has 0 bridgehead atoms. The Morgan fingerprint density at radius 2 is 1.48 bits per heavy atom. The van der Waals surface area contributed by atoms with Crippen LogP contribution in [0.2, 0.25) is 5.02 Å². The molecule has 0 amide bonds. The van der Waals surface area contributed by atoms with Crippen LogP contribution in [0.25, 0.3) is 0 Å². The molecule has 3 rings (SSSR count). The van der Waals surface area contributed by atoms with Crippen molar-refractivity contribution < 1.29 is 31.1 Å². The summed E-state index contributed by atoms with van der Waals surface area (Å²) in [5.41, 5.74) is -0.0428. The third kappa shape index (κ3) is 5.55. The van der Waals surface area contributed by atoms with E-state index in [-0.39, 0.29) is 0 Å². The summed E-state index contributed by atoms with van der Waals surface area (Å²) in [4.78, 5) is 1.97. The smallest absolute Gasteiger partial charge is 0.406 e. The van der Waals surface area contributed by atoms with Crippen LogP contribution in [0.4, 0.5) is 26.3 Å². The molecule has 2 aromatic rings. The zero-order chi connectivity index (χ0) is 21.2. The summed E-state index contributed by atoms with van der Waals surface area (Å²) in [6.07, 6.45) is -9.44. The molecule has 1 saturated heterocycles. The molecule has 0 unspecified atom stereocenters. The number of nitrogens with one attached hydrogen (secondary N) is 1. The average Bonchev–Trinajstić information content (AvgIpc) is 2.63. The van der Waals surface area contributed by atoms with Crippen LogP contribution in [0, 0.1) is 0 Å². The normalized spacial score (nSPS) is 17.2. The maximum Gasteiger partial charge on any atom is 0.573 e. The van der Waals surface area contributed by atoms with Gasteiger partial charge in [-0.05, 0) is 35.4 Å². The molecule has 1 aliphatic heterocycles. The van der Waals surface area contributed by atoms with Crippen LogP contribution < -0.4 is 10.1 Å². The van der Waals surface area contributed by atoms with Gasteiger partial charge in [-0.15, -0.1) is 13.2 Å². The van der Waals surface area contributed by atoms with E-state index in [1.54, 1.807) is 0 Å². The molecule has 1 fully saturated rings. The summed E-state index contributed by atoms with van der Waals surface area (Å²) in [6, 6.07) is 8.27. The number of hydrogen-bond donors (Lipinski definition) is 1. The highest BCUT2D eigenvalue weighted by Gasteiger charge is 2.35. The molecule has 158 valence electrons. The Morgan fingerprint density at radius 3 is 2.03 bits per heavy atom. The number of rotatable bonds is 4. The van der Waals surface area contributed by atoms with Gasteiger partial charge in [-0.1, -0.05) is 29.8 Å². The lowest BCUT2D eigenvalue weighted by Gasteiger charge is -2.36. The molecule has 1 heterocycles. The molecule has 3 nitrogen and oxygen atoms in total. The Labute approximate surface area is 168 Å². The van der Waals surface area contributed by atoms with E-state index in [0.29, 0.717) is 37.3 Å². The molecule has 1 aliphatic rings. The average molecular weight is 439 g/mol. The quantitative estimate of drug-likeness (QED) is 0.660. The fraction of sp³-hybridized carbons (Fsp3) is 0.368. The molecule has 0 spiro atoms. The number of alkyl halides is 6. The van der Waals surface area contributed by atoms with E-state index in [2.05, 4.69) is 10.1 Å². The number of nitrogens with zero attached hydrogens (tertiary/aromatic N) is 1. The van der Waals surface area contributed by atoms with Gasteiger partial charge < -0.3 is 10.1 Å². The maximum absolute atomic E-state index is 13.3. The second kappa shape index (κ2) is 8.41. The van der Waals surface area contributed by atoms with Crippen molar-refractivity contribution in [3.63, 3.8) is 0 Å². The zero-order valence-corrected chi connectivity index (χ0v) is 15.7. The first-order chi connectivity index (χ1) is 13.5. The van der Waals surface area contributed by atoms with E-state index >= 15 is 0 Å². The van der Waals surface area contributed by atoms with Gasteiger partial charge in [0.1, 0.15) is 5.75 Å². The first-order valence-electron chi connectivity index (χ1n) is 8.72. The van der Waals surface area contributed by atoms with Gasteiger partial charge >= 0.3 is 12.5 Å². The number of ether oxygens (including phenoxy) is 1. The molecule has 0 aliphatic carbocycles. The van der Waals surface area contributed by atoms with Crippen LogP contribution in [0.5, 0.6) is 5.75 Å². The predicted octanol–water partition coefficient (Wildman–Crippen LogP) is 5.25. The van der Waals surface area contributed by atoms with E-state index in [0.717, 1.165) is 18.2 Å². The SMILES string of the molecule is FC(F)(F)Oc1ccc([C@@H](c2ccc(Cl)c(C(F)(F)F)c2)N2CCNCC2)cc1. The Balaban J connectivity index is 2.00. The molecule has 2 aromatic carbocycles. The third-order valence-electron chi connectivity index (χ3n) is 4.56. The van der Waals surface area contributed by atoms with Crippen LogP contribution in [-0.4, -0.2) is 37.4 Å². The molecule has 1 N–H and O–H groups in total. The highest BCUT2D eigenvalue weighted by molar-refractivity contribution is 6.31. The lowest BCUT2D eigenvalue weighted by atomic mass is 9.94. The summed E-state index contributed by atoms with van der Waals surface area (Å²) in [7, 11) is 0. The van der Waals surface area contributed by atoms with Crippen molar-refractivity contribution in [2.75, 3.05) is 26.2 Å². The largest absolute Gasteiger partial charge is 0.573 e. The molecular formula is C19H17ClF6N2O. The highest BCUT2D eigenvalue weighted by atomic mass is 35.5. The van der Waals surface area contributed by atoms with E-state index in [1.807, 2.05) is 4.90 Å². The van der Waals surface area contributed by atoms with Crippen molar-refractivity contribution in [2.45, 2.75) is 18.6 Å². The Morgan fingerprint density at radius 1 is 0.897 bits per heavy atom. The molecular weight excluding hydrogens is 422 g/mol. The Bertz CT molecular complexity index is 832. The minimum atomic E-state index is -4.82. The summed E-state index contributed by atoms with van der Waals surface area (Å²) in [5, 5.41) is 2.76. The van der Waals surface area contributed by atoms with Crippen molar-refractivity contribution in [3.8, 4) is 5.75 Å². The molecule has 0 saturated carbocycles. The molecule has 0 radical (unpaired) electrons. The standard InChI is InChI=1S/C19H17ClF6N2O/c20-16-6-3-13(11-15(16)18(21,22)23)17(28-9-7-27-8-10-28)12-1-4-14(5-2-12)29-19(24,25)26/h1-6,11,17,27H,7-10H2/t17-/m0/s1. The number of piperazine rings is 1. The van der Waals surface area contributed by atoms with Gasteiger partial charge in [0.25, 0.3) is 0 Å². The first-order valence-corrected chi connectivity index (χ1v) is 9.09. The Hall–Kier alpha value is -1.97. The van der Waals surface area contributed by atoms with Crippen LogP contribution >= 0.6 is 11.6 Å². The maximum atomic E-state index is 13.3. The van der Waals surface area contributed by atoms with Crippen LogP contribution in [-0.2, 0) is 6.18 Å². The third-order valence-corrected chi connectivity index (χ3v) is 4.89. The van der Waals surface area contributed by atoms with Crippen molar-refractivity contribution in [3.05, 3.63) is 64.2 Å². The lowest BCUT2D eigenvalue weighted by Crippen LogP contribution is -2.45. The van der Waals surface area contributed by atoms with E-state index in [9.17, 15) is 26.3 Å². The van der Waals surface area contributed by atoms with Gasteiger partial charge in [0.15, 0.2) is 0 Å². The van der Waals surface area contributed by atoms with Gasteiger partial charge in [-0.3, -0.25) is 4.90 Å². The minimum Gasteiger partial charge on any atom is -0.406 e. The lowest BCUT2D eigenvalue weighted by molar-refractivity contribution is -0.274.